The zero-order valence-electron chi connectivity index (χ0n) is 5.97. The summed E-state index contributed by atoms with van der Waals surface area (Å²) in [6.45, 7) is 0. The van der Waals surface area contributed by atoms with Gasteiger partial charge in [-0.25, -0.2) is 0 Å². The molecular formula is C8H6ClNO. The van der Waals surface area contributed by atoms with Crippen LogP contribution >= 0.6 is 11.6 Å². The number of benzene rings is 1. The average molecular weight is 168 g/mol. The third-order valence-corrected chi connectivity index (χ3v) is 1.52. The number of ether oxygens (including phenoxy) is 1. The first-order chi connectivity index (χ1) is 5.27. The van der Waals surface area contributed by atoms with Crippen molar-refractivity contribution in [3.05, 3.63) is 28.8 Å². The van der Waals surface area contributed by atoms with Crippen molar-refractivity contribution in [1.82, 2.24) is 0 Å². The Balaban J connectivity index is 3.19. The molecule has 0 heterocycles. The van der Waals surface area contributed by atoms with Gasteiger partial charge in [-0.3, -0.25) is 0 Å². The summed E-state index contributed by atoms with van der Waals surface area (Å²) >= 11 is 5.66. The second-order valence-electron chi connectivity index (χ2n) is 1.96. The number of rotatable bonds is 1. The SMILES string of the molecule is COc1cc(Cl)ccc1C#N. The molecule has 0 saturated heterocycles. The Morgan fingerprint density at radius 2 is 2.27 bits per heavy atom. The Hall–Kier alpha value is -1.20. The van der Waals surface area contributed by atoms with Crippen LogP contribution in [0.15, 0.2) is 18.2 Å². The summed E-state index contributed by atoms with van der Waals surface area (Å²) in [5, 5.41) is 9.14. The highest BCUT2D eigenvalue weighted by atomic mass is 35.5. The third-order valence-electron chi connectivity index (χ3n) is 1.28. The predicted molar refractivity (Wildman–Crippen MR) is 42.7 cm³/mol. The van der Waals surface area contributed by atoms with Crippen molar-refractivity contribution in [2.75, 3.05) is 7.11 Å². The Labute approximate surface area is 70.0 Å². The molecule has 0 spiro atoms. The average Bonchev–Trinajstić information content (AvgIpc) is 2.04. The van der Waals surface area contributed by atoms with Crippen molar-refractivity contribution in [3.8, 4) is 11.8 Å². The molecule has 0 unspecified atom stereocenters. The highest BCUT2D eigenvalue weighted by Gasteiger charge is 2.00. The zero-order chi connectivity index (χ0) is 8.27. The molecule has 56 valence electrons. The van der Waals surface area contributed by atoms with Gasteiger partial charge in [0.2, 0.25) is 0 Å². The second-order valence-corrected chi connectivity index (χ2v) is 2.39. The normalized spacial score (nSPS) is 8.82. The van der Waals surface area contributed by atoms with Crippen molar-refractivity contribution >= 4 is 11.6 Å². The molecule has 0 fully saturated rings. The molecule has 0 aliphatic carbocycles. The maximum Gasteiger partial charge on any atom is 0.138 e. The van der Waals surface area contributed by atoms with E-state index in [9.17, 15) is 0 Å². The summed E-state index contributed by atoms with van der Waals surface area (Å²) in [4.78, 5) is 0. The molecule has 0 atom stereocenters. The van der Waals surface area contributed by atoms with Gasteiger partial charge in [0.15, 0.2) is 0 Å². The van der Waals surface area contributed by atoms with E-state index in [1.54, 1.807) is 18.2 Å². The first-order valence-corrected chi connectivity index (χ1v) is 3.39. The van der Waals surface area contributed by atoms with Crippen LogP contribution in [0.5, 0.6) is 5.75 Å². The van der Waals surface area contributed by atoms with Gasteiger partial charge in [0.05, 0.1) is 12.7 Å². The molecule has 11 heavy (non-hydrogen) atoms. The van der Waals surface area contributed by atoms with E-state index in [0.29, 0.717) is 16.3 Å². The lowest BCUT2D eigenvalue weighted by molar-refractivity contribution is 0.413. The first kappa shape index (κ1) is 7.90. The lowest BCUT2D eigenvalue weighted by Crippen LogP contribution is -1.86. The molecule has 0 bridgehead atoms. The summed E-state index contributed by atoms with van der Waals surface area (Å²) in [6.07, 6.45) is 0. The van der Waals surface area contributed by atoms with Crippen LogP contribution in [-0.4, -0.2) is 7.11 Å². The summed E-state index contributed by atoms with van der Waals surface area (Å²) in [5.74, 6) is 0.514. The van der Waals surface area contributed by atoms with Crippen LogP contribution in [0, 0.1) is 11.3 Å². The minimum atomic E-state index is 0.497. The second kappa shape index (κ2) is 3.27. The van der Waals surface area contributed by atoms with Crippen LogP contribution in [0.4, 0.5) is 0 Å². The Bertz CT molecular complexity index is 303. The predicted octanol–water partition coefficient (Wildman–Crippen LogP) is 2.22. The minimum absolute atomic E-state index is 0.497. The van der Waals surface area contributed by atoms with Gasteiger partial charge in [-0.15, -0.1) is 0 Å². The number of hydrogen-bond acceptors (Lipinski definition) is 2. The van der Waals surface area contributed by atoms with Gasteiger partial charge >= 0.3 is 0 Å². The van der Waals surface area contributed by atoms with Crippen molar-refractivity contribution in [3.63, 3.8) is 0 Å². The van der Waals surface area contributed by atoms with Gasteiger partial charge in [-0.1, -0.05) is 11.6 Å². The van der Waals surface area contributed by atoms with E-state index in [2.05, 4.69) is 0 Å². The number of hydrogen-bond donors (Lipinski definition) is 0. The summed E-state index contributed by atoms with van der Waals surface area (Å²) < 4.78 is 4.91. The summed E-state index contributed by atoms with van der Waals surface area (Å²) in [5.41, 5.74) is 0.497. The third kappa shape index (κ3) is 1.63. The Morgan fingerprint density at radius 1 is 1.55 bits per heavy atom. The van der Waals surface area contributed by atoms with E-state index >= 15 is 0 Å². The number of methoxy groups -OCH3 is 1. The highest BCUT2D eigenvalue weighted by Crippen LogP contribution is 2.21. The molecule has 3 heteroatoms. The van der Waals surface area contributed by atoms with Crippen LogP contribution in [0.25, 0.3) is 0 Å². The molecule has 0 radical (unpaired) electrons. The van der Waals surface area contributed by atoms with Crippen LogP contribution < -0.4 is 4.74 Å². The number of halogens is 1. The van der Waals surface area contributed by atoms with Crippen LogP contribution in [-0.2, 0) is 0 Å². The Kier molecular flexibility index (Phi) is 2.35. The smallest absolute Gasteiger partial charge is 0.138 e. The lowest BCUT2D eigenvalue weighted by Gasteiger charge is -2.00. The monoisotopic (exact) mass is 167 g/mol. The molecule has 1 aromatic carbocycles. The van der Waals surface area contributed by atoms with E-state index in [1.807, 2.05) is 6.07 Å². The standard InChI is InChI=1S/C8H6ClNO/c1-11-8-4-7(9)3-2-6(8)5-10/h2-4H,1H3. The molecule has 0 aliphatic heterocycles. The zero-order valence-corrected chi connectivity index (χ0v) is 6.72. The summed E-state index contributed by atoms with van der Waals surface area (Å²) in [7, 11) is 1.51. The van der Waals surface area contributed by atoms with Crippen LogP contribution in [0.3, 0.4) is 0 Å². The van der Waals surface area contributed by atoms with Gasteiger partial charge in [0.25, 0.3) is 0 Å². The molecule has 2 nitrogen and oxygen atoms in total. The molecule has 0 saturated carbocycles. The van der Waals surface area contributed by atoms with E-state index in [4.69, 9.17) is 21.6 Å². The molecule has 0 aliphatic rings. The van der Waals surface area contributed by atoms with E-state index in [0.717, 1.165) is 0 Å². The first-order valence-electron chi connectivity index (χ1n) is 3.01. The van der Waals surface area contributed by atoms with Crippen molar-refractivity contribution in [2.45, 2.75) is 0 Å². The number of nitrogens with zero attached hydrogens (tertiary/aromatic N) is 1. The van der Waals surface area contributed by atoms with E-state index in [-0.39, 0.29) is 0 Å². The Morgan fingerprint density at radius 3 is 2.82 bits per heavy atom. The molecule has 1 aromatic rings. The van der Waals surface area contributed by atoms with Crippen molar-refractivity contribution in [1.29, 1.82) is 5.26 Å². The van der Waals surface area contributed by atoms with Crippen molar-refractivity contribution in [2.24, 2.45) is 0 Å². The molecule has 1 rings (SSSR count). The fraction of sp³-hybridized carbons (Fsp3) is 0.125. The van der Waals surface area contributed by atoms with Crippen LogP contribution in [0.1, 0.15) is 5.56 Å². The maximum atomic E-state index is 8.57. The quantitative estimate of drug-likeness (QED) is 0.643. The minimum Gasteiger partial charge on any atom is -0.495 e. The fourth-order valence-corrected chi connectivity index (χ4v) is 0.920. The molecule has 0 aromatic heterocycles. The van der Waals surface area contributed by atoms with E-state index < -0.39 is 0 Å². The van der Waals surface area contributed by atoms with Gasteiger partial charge < -0.3 is 4.74 Å². The fourth-order valence-electron chi connectivity index (χ4n) is 0.757. The molecule has 0 amide bonds. The van der Waals surface area contributed by atoms with Crippen LogP contribution in [0.2, 0.25) is 5.02 Å². The topological polar surface area (TPSA) is 33.0 Å². The van der Waals surface area contributed by atoms with Gasteiger partial charge in [-0.05, 0) is 12.1 Å². The lowest BCUT2D eigenvalue weighted by atomic mass is 10.2. The molecular weight excluding hydrogens is 162 g/mol. The van der Waals surface area contributed by atoms with Gasteiger partial charge in [0.1, 0.15) is 11.8 Å². The summed E-state index contributed by atoms with van der Waals surface area (Å²) in [6, 6.07) is 6.88. The maximum absolute atomic E-state index is 8.57. The van der Waals surface area contributed by atoms with Crippen molar-refractivity contribution < 1.29 is 4.74 Å². The largest absolute Gasteiger partial charge is 0.495 e. The van der Waals surface area contributed by atoms with Gasteiger partial charge in [-0.2, -0.15) is 5.26 Å². The number of nitriles is 1. The molecule has 0 N–H and O–H groups in total. The highest BCUT2D eigenvalue weighted by molar-refractivity contribution is 6.30. The van der Waals surface area contributed by atoms with Gasteiger partial charge in [0, 0.05) is 11.1 Å². The van der Waals surface area contributed by atoms with E-state index in [1.165, 1.54) is 7.11 Å².